The van der Waals surface area contributed by atoms with Crippen LogP contribution in [0.3, 0.4) is 0 Å². The summed E-state index contributed by atoms with van der Waals surface area (Å²) in [5.74, 6) is 1.53. The second-order valence-corrected chi connectivity index (χ2v) is 5.58. The van der Waals surface area contributed by atoms with Gasteiger partial charge < -0.3 is 10.1 Å². The smallest absolute Gasteiger partial charge is 0.213 e. The first-order chi connectivity index (χ1) is 8.35. The fraction of sp³-hybridized carbons (Fsp3) is 0.500. The molecule has 3 rings (SSSR count). The summed E-state index contributed by atoms with van der Waals surface area (Å²) in [6.45, 7) is 0.960. The van der Waals surface area contributed by atoms with E-state index in [1.54, 1.807) is 13.3 Å². The van der Waals surface area contributed by atoms with Crippen molar-refractivity contribution in [2.45, 2.75) is 18.1 Å². The van der Waals surface area contributed by atoms with Gasteiger partial charge in [-0.15, -0.1) is 0 Å². The van der Waals surface area contributed by atoms with Crippen molar-refractivity contribution >= 4 is 22.6 Å². The standard InChI is InChI=1S/C12H15N3OS/c1-16-11-5-4-9(6-13-11)15-12-14-7-10(17-12)8-2-3-8/h4-6,8,10H,2-3,7H2,1H3,(H,14,15). The zero-order valence-electron chi connectivity index (χ0n) is 9.72. The van der Waals surface area contributed by atoms with Crippen LogP contribution in [0.1, 0.15) is 12.8 Å². The molecule has 0 aromatic carbocycles. The van der Waals surface area contributed by atoms with Gasteiger partial charge in [0.05, 0.1) is 25.5 Å². The topological polar surface area (TPSA) is 46.5 Å². The normalized spacial score (nSPS) is 23.4. The summed E-state index contributed by atoms with van der Waals surface area (Å²) in [6, 6.07) is 3.81. The number of pyridine rings is 1. The summed E-state index contributed by atoms with van der Waals surface area (Å²) in [7, 11) is 1.62. The predicted molar refractivity (Wildman–Crippen MR) is 70.8 cm³/mol. The molecule has 90 valence electrons. The van der Waals surface area contributed by atoms with Gasteiger partial charge in [-0.3, -0.25) is 4.99 Å². The molecule has 0 bridgehead atoms. The van der Waals surface area contributed by atoms with Crippen molar-refractivity contribution in [2.24, 2.45) is 10.9 Å². The van der Waals surface area contributed by atoms with Crippen LogP contribution in [0.25, 0.3) is 0 Å². The van der Waals surface area contributed by atoms with E-state index in [2.05, 4.69) is 15.3 Å². The van der Waals surface area contributed by atoms with Crippen LogP contribution >= 0.6 is 11.8 Å². The molecule has 0 radical (unpaired) electrons. The fourth-order valence-corrected chi connectivity index (χ4v) is 3.10. The molecule has 1 aromatic heterocycles. The number of amidine groups is 1. The van der Waals surface area contributed by atoms with Crippen LogP contribution in [0.4, 0.5) is 5.69 Å². The quantitative estimate of drug-likeness (QED) is 0.893. The number of hydrogen-bond donors (Lipinski definition) is 1. The van der Waals surface area contributed by atoms with Crippen molar-refractivity contribution < 1.29 is 4.74 Å². The van der Waals surface area contributed by atoms with E-state index in [1.807, 2.05) is 23.9 Å². The Morgan fingerprint density at radius 3 is 2.94 bits per heavy atom. The second kappa shape index (κ2) is 4.56. The number of thioether (sulfide) groups is 1. The highest BCUT2D eigenvalue weighted by molar-refractivity contribution is 8.15. The second-order valence-electron chi connectivity index (χ2n) is 4.35. The van der Waals surface area contributed by atoms with E-state index in [0.717, 1.165) is 23.3 Å². The number of methoxy groups -OCH3 is 1. The molecule has 1 aliphatic carbocycles. The van der Waals surface area contributed by atoms with Crippen LogP contribution in [0.2, 0.25) is 0 Å². The number of hydrogen-bond acceptors (Lipinski definition) is 5. The molecule has 1 saturated carbocycles. The largest absolute Gasteiger partial charge is 0.481 e. The minimum atomic E-state index is 0.632. The summed E-state index contributed by atoms with van der Waals surface area (Å²) < 4.78 is 5.02. The van der Waals surface area contributed by atoms with Gasteiger partial charge in [0.1, 0.15) is 0 Å². The molecule has 1 aromatic rings. The number of ether oxygens (including phenoxy) is 1. The minimum Gasteiger partial charge on any atom is -0.481 e. The highest BCUT2D eigenvalue weighted by Crippen LogP contribution is 2.41. The maximum atomic E-state index is 5.02. The summed E-state index contributed by atoms with van der Waals surface area (Å²) in [6.07, 6.45) is 4.53. The molecule has 4 nitrogen and oxygen atoms in total. The molecule has 0 saturated heterocycles. The van der Waals surface area contributed by atoms with Gasteiger partial charge in [0, 0.05) is 11.3 Å². The van der Waals surface area contributed by atoms with Gasteiger partial charge in [-0.05, 0) is 24.8 Å². The number of nitrogens with one attached hydrogen (secondary N) is 1. The average molecular weight is 249 g/mol. The first kappa shape index (κ1) is 10.9. The first-order valence-electron chi connectivity index (χ1n) is 5.83. The maximum Gasteiger partial charge on any atom is 0.213 e. The lowest BCUT2D eigenvalue weighted by atomic mass is 10.3. The van der Waals surface area contributed by atoms with Gasteiger partial charge in [0.25, 0.3) is 0 Å². The van der Waals surface area contributed by atoms with Gasteiger partial charge in [0.15, 0.2) is 5.17 Å². The molecule has 1 N–H and O–H groups in total. The van der Waals surface area contributed by atoms with Crippen LogP contribution in [-0.2, 0) is 0 Å². The first-order valence-corrected chi connectivity index (χ1v) is 6.71. The lowest BCUT2D eigenvalue weighted by Gasteiger charge is -2.07. The van der Waals surface area contributed by atoms with E-state index >= 15 is 0 Å². The summed E-state index contributed by atoms with van der Waals surface area (Å²) >= 11 is 1.87. The summed E-state index contributed by atoms with van der Waals surface area (Å²) in [4.78, 5) is 8.68. The third kappa shape index (κ3) is 2.54. The van der Waals surface area contributed by atoms with Gasteiger partial charge in [-0.1, -0.05) is 11.8 Å². The van der Waals surface area contributed by atoms with Crippen LogP contribution in [0, 0.1) is 5.92 Å². The van der Waals surface area contributed by atoms with Gasteiger partial charge >= 0.3 is 0 Å². The summed E-state index contributed by atoms with van der Waals surface area (Å²) in [5.41, 5.74) is 0.966. The Bertz CT molecular complexity index is 428. The van der Waals surface area contributed by atoms with Crippen LogP contribution < -0.4 is 10.1 Å². The zero-order valence-corrected chi connectivity index (χ0v) is 10.5. The van der Waals surface area contributed by atoms with E-state index in [-0.39, 0.29) is 0 Å². The lowest BCUT2D eigenvalue weighted by Crippen LogP contribution is -2.09. The molecule has 0 amide bonds. The van der Waals surface area contributed by atoms with Crippen LogP contribution in [0.5, 0.6) is 5.88 Å². The number of anilines is 1. The van der Waals surface area contributed by atoms with E-state index in [1.165, 1.54) is 12.8 Å². The zero-order chi connectivity index (χ0) is 11.7. The molecular weight excluding hydrogens is 234 g/mol. The molecule has 17 heavy (non-hydrogen) atoms. The molecule has 0 spiro atoms. The van der Waals surface area contributed by atoms with E-state index in [9.17, 15) is 0 Å². The van der Waals surface area contributed by atoms with Crippen molar-refractivity contribution in [1.82, 2.24) is 4.98 Å². The van der Waals surface area contributed by atoms with Crippen LogP contribution in [0.15, 0.2) is 23.3 Å². The van der Waals surface area contributed by atoms with Gasteiger partial charge in [0.2, 0.25) is 5.88 Å². The molecule has 1 fully saturated rings. The molecule has 1 atom stereocenters. The number of rotatable bonds is 3. The van der Waals surface area contributed by atoms with Crippen molar-refractivity contribution in [3.8, 4) is 5.88 Å². The Kier molecular flexibility index (Phi) is 2.93. The highest BCUT2D eigenvalue weighted by Gasteiger charge is 2.35. The Labute approximate surface area is 105 Å². The molecule has 1 unspecified atom stereocenters. The third-order valence-corrected chi connectivity index (χ3v) is 4.31. The average Bonchev–Trinajstić information content (AvgIpc) is 3.12. The molecule has 5 heteroatoms. The van der Waals surface area contributed by atoms with Crippen molar-refractivity contribution in [3.63, 3.8) is 0 Å². The van der Waals surface area contributed by atoms with E-state index in [4.69, 9.17) is 4.74 Å². The Hall–Kier alpha value is -1.23. The molecule has 2 heterocycles. The third-order valence-electron chi connectivity index (χ3n) is 3.02. The van der Waals surface area contributed by atoms with Crippen molar-refractivity contribution in [2.75, 3.05) is 19.0 Å². The Balaban J connectivity index is 1.59. The van der Waals surface area contributed by atoms with Crippen molar-refractivity contribution in [3.05, 3.63) is 18.3 Å². The van der Waals surface area contributed by atoms with E-state index in [0.29, 0.717) is 11.1 Å². The van der Waals surface area contributed by atoms with E-state index < -0.39 is 0 Å². The SMILES string of the molecule is COc1ccc(NC2=NCC(C3CC3)S2)cn1. The maximum absolute atomic E-state index is 5.02. The lowest BCUT2D eigenvalue weighted by molar-refractivity contribution is 0.398. The predicted octanol–water partition coefficient (Wildman–Crippen LogP) is 2.38. The minimum absolute atomic E-state index is 0.632. The fourth-order valence-electron chi connectivity index (χ4n) is 1.87. The molecule has 1 aliphatic heterocycles. The number of aliphatic imine (C=N–C) groups is 1. The number of nitrogens with zero attached hydrogens (tertiary/aromatic N) is 2. The molecular formula is C12H15N3OS. The number of aromatic nitrogens is 1. The van der Waals surface area contributed by atoms with Crippen LogP contribution in [-0.4, -0.2) is 29.1 Å². The monoisotopic (exact) mass is 249 g/mol. The Morgan fingerprint density at radius 2 is 2.29 bits per heavy atom. The van der Waals surface area contributed by atoms with Gasteiger partial charge in [-0.25, -0.2) is 4.98 Å². The van der Waals surface area contributed by atoms with Crippen molar-refractivity contribution in [1.29, 1.82) is 0 Å². The summed E-state index contributed by atoms with van der Waals surface area (Å²) in [5, 5.41) is 5.02. The van der Waals surface area contributed by atoms with Gasteiger partial charge in [-0.2, -0.15) is 0 Å². The molecule has 2 aliphatic rings. The highest BCUT2D eigenvalue weighted by atomic mass is 32.2. The Morgan fingerprint density at radius 1 is 1.41 bits per heavy atom.